The van der Waals surface area contributed by atoms with E-state index in [1.165, 1.54) is 30.0 Å². The number of aromatic nitrogens is 4. The minimum Gasteiger partial charge on any atom is -0.462 e. The summed E-state index contributed by atoms with van der Waals surface area (Å²) in [5.41, 5.74) is -4.03. The molecule has 1 saturated heterocycles. The molecule has 7 atom stereocenters. The van der Waals surface area contributed by atoms with Crippen molar-refractivity contribution in [2.45, 2.75) is 69.5 Å². The lowest BCUT2D eigenvalue weighted by molar-refractivity contribution is -0.149. The van der Waals surface area contributed by atoms with Crippen LogP contribution in [0.25, 0.3) is 11.2 Å². The van der Waals surface area contributed by atoms with Crippen molar-refractivity contribution >= 4 is 36.6 Å². The molecule has 3 aromatic rings. The van der Waals surface area contributed by atoms with E-state index in [1.807, 2.05) is 0 Å². The Morgan fingerprint density at radius 1 is 1.20 bits per heavy atom. The Morgan fingerprint density at radius 2 is 1.90 bits per heavy atom. The van der Waals surface area contributed by atoms with Crippen LogP contribution in [0.15, 0.2) is 36.7 Å². The molecular weight excluding hydrogens is 560 g/mol. The lowest BCUT2D eigenvalue weighted by Crippen LogP contribution is -2.45. The zero-order valence-electron chi connectivity index (χ0n) is 23.4. The third-order valence-electron chi connectivity index (χ3n) is 6.97. The third kappa shape index (κ3) is 5.01. The second kappa shape index (κ2) is 10.5. The van der Waals surface area contributed by atoms with E-state index in [2.05, 4.69) is 30.7 Å². The summed E-state index contributed by atoms with van der Waals surface area (Å²) < 4.78 is 54.4. The highest BCUT2D eigenvalue weighted by Gasteiger charge is 2.85. The molecule has 0 spiro atoms. The van der Waals surface area contributed by atoms with Gasteiger partial charge in [0.25, 0.3) is 0 Å². The minimum atomic E-state index is -4.40. The predicted molar refractivity (Wildman–Crippen MR) is 146 cm³/mol. The van der Waals surface area contributed by atoms with Gasteiger partial charge in [-0.2, -0.15) is 15.1 Å². The summed E-state index contributed by atoms with van der Waals surface area (Å²) in [7, 11) is -1.09. The maximum Gasteiger partial charge on any atom is 0.459 e. The lowest BCUT2D eigenvalue weighted by atomic mass is 9.97. The summed E-state index contributed by atoms with van der Waals surface area (Å²) >= 11 is 0. The number of nitrogens with zero attached hydrogens (tertiary/aromatic N) is 4. The molecule has 4 N–H and O–H groups in total. The zero-order chi connectivity index (χ0) is 29.7. The molecule has 0 bridgehead atoms. The number of hydrogen-bond acceptors (Lipinski definition) is 12. The number of ether oxygens (including phenoxy) is 2. The molecule has 3 heterocycles. The molecule has 0 amide bonds. The molecular formula is C25H33FN7O7P. The normalized spacial score (nSPS) is 29.0. The van der Waals surface area contributed by atoms with Gasteiger partial charge in [0, 0.05) is 14.1 Å². The highest BCUT2D eigenvalue weighted by Crippen LogP contribution is 2.66. The van der Waals surface area contributed by atoms with Crippen LogP contribution in [0.4, 0.5) is 16.2 Å². The lowest BCUT2D eigenvalue weighted by Gasteiger charge is -2.31. The summed E-state index contributed by atoms with van der Waals surface area (Å²) in [4.78, 5) is 25.4. The largest absolute Gasteiger partial charge is 0.462 e. The van der Waals surface area contributed by atoms with Crippen LogP contribution in [-0.4, -0.2) is 80.3 Å². The number of nitrogens with one attached hydrogen (secondary N) is 3. The van der Waals surface area contributed by atoms with Crippen LogP contribution in [0.3, 0.4) is 0 Å². The van der Waals surface area contributed by atoms with Gasteiger partial charge in [-0.1, -0.05) is 18.2 Å². The summed E-state index contributed by atoms with van der Waals surface area (Å²) in [6.07, 6.45) is -3.04. The van der Waals surface area contributed by atoms with Crippen molar-refractivity contribution in [3.8, 4) is 5.75 Å². The number of imidazole rings is 1. The predicted octanol–water partition coefficient (Wildman–Crippen LogP) is 2.78. The van der Waals surface area contributed by atoms with E-state index in [9.17, 15) is 14.5 Å². The first kappa shape index (κ1) is 29.1. The molecule has 2 aliphatic rings. The summed E-state index contributed by atoms with van der Waals surface area (Å²) in [5, 5.41) is 19.8. The highest BCUT2D eigenvalue weighted by molar-refractivity contribution is 7.52. The van der Waals surface area contributed by atoms with E-state index >= 15 is 4.39 Å². The van der Waals surface area contributed by atoms with Gasteiger partial charge in [-0.25, -0.2) is 13.9 Å². The van der Waals surface area contributed by atoms with Gasteiger partial charge < -0.3 is 29.7 Å². The van der Waals surface area contributed by atoms with Gasteiger partial charge in [0.05, 0.1) is 12.4 Å². The van der Waals surface area contributed by atoms with Crippen molar-refractivity contribution in [3.63, 3.8) is 0 Å². The van der Waals surface area contributed by atoms with E-state index < -0.39 is 55.6 Å². The topological polar surface area (TPSA) is 171 Å². The first-order valence-electron chi connectivity index (χ1n) is 13.0. The van der Waals surface area contributed by atoms with E-state index in [1.54, 1.807) is 46.1 Å². The summed E-state index contributed by atoms with van der Waals surface area (Å²) in [5.74, 6) is 0.148. The zero-order valence-corrected chi connectivity index (χ0v) is 24.3. The first-order valence-corrected chi connectivity index (χ1v) is 14.6. The van der Waals surface area contributed by atoms with Crippen LogP contribution in [0, 0.1) is 0 Å². The molecule has 1 saturated carbocycles. The molecule has 41 heavy (non-hydrogen) atoms. The SMILES string of the molecule is CNc1nc(NC)c2ncn([C@@H]3O[C@@H]4C(O[P@@](=O)(N[C@@H](C)C(=O)OC(C)C)Oc5ccccc5)[C@]4(O)[C@@]3(C)F)c2n1. The van der Waals surface area contributed by atoms with Gasteiger partial charge in [0.1, 0.15) is 24.0 Å². The fraction of sp³-hybridized carbons (Fsp3) is 0.520. The van der Waals surface area contributed by atoms with Gasteiger partial charge >= 0.3 is 13.7 Å². The Labute approximate surface area is 235 Å². The number of carbonyl (C=O) groups excluding carboxylic acids is 1. The van der Waals surface area contributed by atoms with Crippen LogP contribution in [0.2, 0.25) is 0 Å². The van der Waals surface area contributed by atoms with E-state index in [-0.39, 0.29) is 17.3 Å². The number of benzene rings is 1. The van der Waals surface area contributed by atoms with Crippen LogP contribution >= 0.6 is 7.75 Å². The van der Waals surface area contributed by atoms with E-state index in [0.717, 1.165) is 6.92 Å². The maximum absolute atomic E-state index is 16.5. The van der Waals surface area contributed by atoms with Gasteiger partial charge in [-0.05, 0) is 39.8 Å². The van der Waals surface area contributed by atoms with Gasteiger partial charge in [-0.3, -0.25) is 13.9 Å². The van der Waals surface area contributed by atoms with Crippen LogP contribution in [0.1, 0.15) is 33.9 Å². The molecule has 2 fully saturated rings. The number of anilines is 2. The second-order valence-corrected chi connectivity index (χ2v) is 11.9. The highest BCUT2D eigenvalue weighted by atomic mass is 31.2. The van der Waals surface area contributed by atoms with E-state index in [0.29, 0.717) is 11.3 Å². The molecule has 2 aromatic heterocycles. The average Bonchev–Trinajstić information content (AvgIpc) is 3.18. The number of carbonyl (C=O) groups is 1. The van der Waals surface area contributed by atoms with Crippen molar-refractivity contribution < 1.29 is 37.4 Å². The second-order valence-electron chi connectivity index (χ2n) is 10.3. The minimum absolute atomic E-state index is 0.164. The molecule has 1 aliphatic carbocycles. The van der Waals surface area contributed by atoms with Gasteiger partial charge in [0.2, 0.25) is 5.95 Å². The van der Waals surface area contributed by atoms with Crippen molar-refractivity contribution in [2.24, 2.45) is 0 Å². The van der Waals surface area contributed by atoms with Gasteiger partial charge in [0.15, 0.2) is 34.5 Å². The molecule has 0 radical (unpaired) electrons. The Balaban J connectivity index is 1.41. The number of fused-ring (bicyclic) bond motifs is 2. The summed E-state index contributed by atoms with van der Waals surface area (Å²) in [6.45, 7) is 5.93. The molecule has 1 unspecified atom stereocenters. The quantitative estimate of drug-likeness (QED) is 0.189. The Hall–Kier alpha value is -3.36. The molecule has 1 aliphatic heterocycles. The molecule has 222 valence electrons. The number of esters is 1. The molecule has 14 nitrogen and oxygen atoms in total. The van der Waals surface area contributed by atoms with Crippen LogP contribution in [-0.2, 0) is 23.4 Å². The standard InChI is InChI=1S/C25H33FN7O7P/c1-13(2)37-21(34)14(3)32-41(36,39-15-10-8-7-9-11-15)40-18-17-25(18,35)24(4,26)22(38-17)33-12-29-16-19(27-5)30-23(28-6)31-20(16)33/h7-14,17-18,22,35H,1-6H3,(H,32,36)(H2,27,28,30,31)/t14-,17+,18?,22+,24-,25-,41+/m0/s1. The first-order chi connectivity index (χ1) is 19.3. The molecule has 16 heteroatoms. The number of aliphatic hydroxyl groups is 1. The van der Waals surface area contributed by atoms with Crippen LogP contribution < -0.4 is 20.2 Å². The number of para-hydroxylation sites is 1. The fourth-order valence-corrected chi connectivity index (χ4v) is 6.52. The average molecular weight is 594 g/mol. The summed E-state index contributed by atoms with van der Waals surface area (Å²) in [6, 6.07) is 6.99. The van der Waals surface area contributed by atoms with Crippen molar-refractivity contribution in [1.29, 1.82) is 0 Å². The Bertz CT molecular complexity index is 1490. The smallest absolute Gasteiger partial charge is 0.459 e. The number of alkyl halides is 1. The van der Waals surface area contributed by atoms with Gasteiger partial charge in [-0.15, -0.1) is 0 Å². The molecule has 5 rings (SSSR count). The maximum atomic E-state index is 16.5. The fourth-order valence-electron chi connectivity index (χ4n) is 4.82. The monoisotopic (exact) mass is 593 g/mol. The van der Waals surface area contributed by atoms with Crippen molar-refractivity contribution in [1.82, 2.24) is 24.6 Å². The van der Waals surface area contributed by atoms with Crippen molar-refractivity contribution in [3.05, 3.63) is 36.7 Å². The molecule has 1 aromatic carbocycles. The Morgan fingerprint density at radius 3 is 2.49 bits per heavy atom. The van der Waals surface area contributed by atoms with Crippen molar-refractivity contribution in [2.75, 3.05) is 24.7 Å². The number of halogens is 1. The third-order valence-corrected chi connectivity index (χ3v) is 8.63. The van der Waals surface area contributed by atoms with Crippen LogP contribution in [0.5, 0.6) is 5.75 Å². The number of rotatable bonds is 11. The number of hydrogen-bond donors (Lipinski definition) is 4. The van der Waals surface area contributed by atoms with E-state index in [4.69, 9.17) is 18.5 Å². The Kier molecular flexibility index (Phi) is 7.45.